The third-order valence-corrected chi connectivity index (χ3v) is 8.80. The van der Waals surface area contributed by atoms with Crippen LogP contribution < -0.4 is 18.9 Å². The maximum Gasteiger partial charge on any atom is 0.161 e. The zero-order chi connectivity index (χ0) is 39.4. The van der Waals surface area contributed by atoms with Crippen LogP contribution in [0.5, 0.6) is 23.0 Å². The molecule has 0 heterocycles. The van der Waals surface area contributed by atoms with Crippen LogP contribution >= 0.6 is 0 Å². The first kappa shape index (κ1) is 44.8. The first-order valence-electron chi connectivity index (χ1n) is 17.4. The van der Waals surface area contributed by atoms with Gasteiger partial charge in [0.1, 0.15) is 38.7 Å². The highest BCUT2D eigenvalue weighted by molar-refractivity contribution is 5.56. The summed E-state index contributed by atoms with van der Waals surface area (Å²) in [4.78, 5) is 32.0. The lowest BCUT2D eigenvalue weighted by atomic mass is 9.84. The molecule has 1 aliphatic carbocycles. The predicted octanol–water partition coefficient (Wildman–Crippen LogP) is 8.45. The van der Waals surface area contributed by atoms with Gasteiger partial charge in [0, 0.05) is 0 Å². The third kappa shape index (κ3) is 11.4. The second-order valence-corrected chi connectivity index (χ2v) is 12.0. The number of rotatable bonds is 8. The lowest BCUT2D eigenvalue weighted by Crippen LogP contribution is -2.10. The average Bonchev–Trinajstić information content (AvgIpc) is 3.15. The number of ether oxygens (including phenoxy) is 4. The number of benzene rings is 4. The van der Waals surface area contributed by atoms with E-state index in [9.17, 15) is 0 Å². The molecule has 0 bridgehead atoms. The predicted molar refractivity (Wildman–Crippen MR) is 209 cm³/mol. The summed E-state index contributed by atoms with van der Waals surface area (Å²) in [6.07, 6.45) is 3.29. The minimum atomic E-state index is 0.582. The first-order valence-corrected chi connectivity index (χ1v) is 17.4. The van der Waals surface area contributed by atoms with Gasteiger partial charge < -0.3 is 38.1 Å². The molecule has 0 saturated carbocycles. The molecule has 0 atom stereocenters. The van der Waals surface area contributed by atoms with Crippen molar-refractivity contribution in [2.45, 2.75) is 81.1 Å². The van der Waals surface area contributed by atoms with Crippen LogP contribution in [-0.2, 0) is 44.9 Å². The Hall–Kier alpha value is -5.24. The maximum atomic E-state index is 8.00. The zero-order valence-corrected chi connectivity index (χ0v) is 32.4. The number of hydrogen-bond donors (Lipinski definition) is 0. The molecule has 52 heavy (non-hydrogen) atoms. The van der Waals surface area contributed by atoms with Crippen molar-refractivity contribution in [3.63, 3.8) is 0 Å². The van der Waals surface area contributed by atoms with E-state index in [-0.39, 0.29) is 0 Å². The summed E-state index contributed by atoms with van der Waals surface area (Å²) in [5.41, 5.74) is 15.5. The van der Waals surface area contributed by atoms with E-state index in [4.69, 9.17) is 38.1 Å². The van der Waals surface area contributed by atoms with E-state index in [0.29, 0.717) is 26.4 Å². The number of hydrogen-bond acceptors (Lipinski definition) is 8. The third-order valence-electron chi connectivity index (χ3n) is 8.80. The Bertz CT molecular complexity index is 1600. The number of carbonyl (C=O) groups is 4. The number of carbonyl (C=O) groups excluding carboxylic acids is 4. The van der Waals surface area contributed by atoms with E-state index in [1.165, 1.54) is 66.8 Å². The normalized spacial score (nSPS) is 10.9. The fraction of sp³-hybridized carbons (Fsp3) is 0.364. The average molecular weight is 713 g/mol. The molecule has 280 valence electrons. The Kier molecular flexibility index (Phi) is 20.0. The Labute approximate surface area is 310 Å². The summed E-state index contributed by atoms with van der Waals surface area (Å²) in [5, 5.41) is 0. The van der Waals surface area contributed by atoms with Gasteiger partial charge in [0.05, 0.1) is 26.4 Å². The second kappa shape index (κ2) is 23.3. The van der Waals surface area contributed by atoms with E-state index in [2.05, 4.69) is 90.1 Å². The molecule has 1 aliphatic rings. The van der Waals surface area contributed by atoms with Gasteiger partial charge in [-0.25, -0.2) is 0 Å². The van der Waals surface area contributed by atoms with Crippen LogP contribution in [0.1, 0.15) is 94.5 Å². The molecule has 0 spiro atoms. The summed E-state index contributed by atoms with van der Waals surface area (Å²) in [6, 6.07) is 18.4. The van der Waals surface area contributed by atoms with E-state index in [1.807, 2.05) is 41.0 Å². The fourth-order valence-corrected chi connectivity index (χ4v) is 6.46. The molecule has 0 aromatic heterocycles. The Morgan fingerprint density at radius 1 is 0.346 bits per heavy atom. The molecule has 5 rings (SSSR count). The molecule has 0 saturated heterocycles. The molecule has 8 heteroatoms. The van der Waals surface area contributed by atoms with Crippen LogP contribution in [0.3, 0.4) is 0 Å². The Morgan fingerprint density at radius 3 is 0.788 bits per heavy atom. The van der Waals surface area contributed by atoms with E-state index >= 15 is 0 Å². The summed E-state index contributed by atoms with van der Waals surface area (Å²) in [5.74, 6) is 3.51. The minimum absolute atomic E-state index is 0.582. The zero-order valence-electron chi connectivity index (χ0n) is 32.4. The molecule has 0 amide bonds. The molecule has 4 aromatic carbocycles. The molecule has 0 N–H and O–H groups in total. The van der Waals surface area contributed by atoms with E-state index < -0.39 is 0 Å². The van der Waals surface area contributed by atoms with Crippen molar-refractivity contribution in [3.05, 3.63) is 115 Å². The molecular formula is C44H56O8. The topological polar surface area (TPSA) is 105 Å². The summed E-state index contributed by atoms with van der Waals surface area (Å²) >= 11 is 0. The van der Waals surface area contributed by atoms with E-state index in [1.54, 1.807) is 0 Å². The highest BCUT2D eigenvalue weighted by Crippen LogP contribution is 2.38. The largest absolute Gasteiger partial charge is 0.494 e. The number of fused-ring (bicyclic) bond motifs is 4. The van der Waals surface area contributed by atoms with Crippen molar-refractivity contribution in [2.24, 2.45) is 0 Å². The van der Waals surface area contributed by atoms with Gasteiger partial charge in [-0.3, -0.25) is 0 Å². The van der Waals surface area contributed by atoms with Crippen molar-refractivity contribution in [3.8, 4) is 23.0 Å². The fourth-order valence-electron chi connectivity index (χ4n) is 6.46. The monoisotopic (exact) mass is 712 g/mol. The van der Waals surface area contributed by atoms with Crippen molar-refractivity contribution >= 4 is 27.2 Å². The van der Waals surface area contributed by atoms with Crippen molar-refractivity contribution in [1.82, 2.24) is 0 Å². The molecule has 8 nitrogen and oxygen atoms in total. The van der Waals surface area contributed by atoms with Gasteiger partial charge >= 0.3 is 0 Å². The van der Waals surface area contributed by atoms with Gasteiger partial charge in [-0.15, -0.1) is 0 Å². The first-order chi connectivity index (χ1) is 25.2. The highest BCUT2D eigenvalue weighted by Gasteiger charge is 2.21. The summed E-state index contributed by atoms with van der Waals surface area (Å²) in [6.45, 7) is 27.4. The minimum Gasteiger partial charge on any atom is -0.494 e. The van der Waals surface area contributed by atoms with Crippen LogP contribution in [-0.4, -0.2) is 53.6 Å². The molecule has 0 aliphatic heterocycles. The SMILES string of the molecule is C=O.C=O.C=O.C=O.CCOc1cc2c(cc1C)Cc1cc(C)c(C)cc1Cc1cc(C)c(OCC)cc1Cc1cc(OCC)c(OCC)cc1C2. The van der Waals surface area contributed by atoms with Crippen LogP contribution in [0.25, 0.3) is 0 Å². The van der Waals surface area contributed by atoms with Gasteiger partial charge in [0.25, 0.3) is 0 Å². The van der Waals surface area contributed by atoms with Gasteiger partial charge in [0.15, 0.2) is 11.5 Å². The molecule has 4 aromatic rings. The molecule has 0 unspecified atom stereocenters. The van der Waals surface area contributed by atoms with Gasteiger partial charge in [-0.05, 0) is 172 Å². The van der Waals surface area contributed by atoms with Crippen molar-refractivity contribution in [2.75, 3.05) is 26.4 Å². The van der Waals surface area contributed by atoms with Crippen LogP contribution in [0, 0.1) is 27.7 Å². The van der Waals surface area contributed by atoms with Crippen LogP contribution in [0.4, 0.5) is 0 Å². The molecule has 0 fully saturated rings. The quantitative estimate of drug-likeness (QED) is 0.158. The number of aryl methyl sites for hydroxylation is 4. The highest BCUT2D eigenvalue weighted by atomic mass is 16.5. The standard InChI is InChI=1S/C40H48O4.4CH2O/c1-9-41-37-21-33-19-35-23-39(43-11-3)40(44-12-4)24-36(35)20-34-22-38(42-10-2)28(8)16-32(34)18-30-14-26(6)25(5)13-29(30)17-31(33)15-27(37)7;4*1-2/h13-16,21-24H,9-12,17-20H2,1-8H3;4*1H2. The lowest BCUT2D eigenvalue weighted by Gasteiger charge is -2.23. The van der Waals surface area contributed by atoms with Crippen molar-refractivity contribution < 1.29 is 38.1 Å². The van der Waals surface area contributed by atoms with Gasteiger partial charge in [-0.1, -0.05) is 24.3 Å². The lowest BCUT2D eigenvalue weighted by molar-refractivity contribution is -0.0987. The smallest absolute Gasteiger partial charge is 0.161 e. The van der Waals surface area contributed by atoms with Crippen LogP contribution in [0.15, 0.2) is 48.5 Å². The Balaban J connectivity index is 0.00000158. The van der Waals surface area contributed by atoms with E-state index in [0.717, 1.165) is 48.7 Å². The van der Waals surface area contributed by atoms with Gasteiger partial charge in [-0.2, -0.15) is 0 Å². The summed E-state index contributed by atoms with van der Waals surface area (Å²) in [7, 11) is 0. The van der Waals surface area contributed by atoms with Crippen LogP contribution in [0.2, 0.25) is 0 Å². The molecular weight excluding hydrogens is 656 g/mol. The second-order valence-electron chi connectivity index (χ2n) is 12.0. The Morgan fingerprint density at radius 2 is 0.538 bits per heavy atom. The molecule has 0 radical (unpaired) electrons. The van der Waals surface area contributed by atoms with Crippen molar-refractivity contribution in [1.29, 1.82) is 0 Å². The maximum absolute atomic E-state index is 8.00. The summed E-state index contributed by atoms with van der Waals surface area (Å²) < 4.78 is 24.5. The van der Waals surface area contributed by atoms with Gasteiger partial charge in [0.2, 0.25) is 0 Å².